The van der Waals surface area contributed by atoms with E-state index in [2.05, 4.69) is 20.8 Å². The molecule has 0 unspecified atom stereocenters. The first-order valence-electron chi connectivity index (χ1n) is 9.35. The molecule has 2 bridgehead atoms. The van der Waals surface area contributed by atoms with Crippen molar-refractivity contribution in [2.24, 2.45) is 16.7 Å². The third kappa shape index (κ3) is 2.72. The maximum atomic E-state index is 12.2. The molecule has 0 radical (unpaired) electrons. The molecule has 4 rings (SSSR count). The van der Waals surface area contributed by atoms with Gasteiger partial charge in [0.15, 0.2) is 11.5 Å². The number of rotatable bonds is 4. The summed E-state index contributed by atoms with van der Waals surface area (Å²) in [5, 5.41) is 0. The van der Waals surface area contributed by atoms with Crippen molar-refractivity contribution in [1.29, 1.82) is 0 Å². The number of hydrogen-bond donors (Lipinski definition) is 0. The summed E-state index contributed by atoms with van der Waals surface area (Å²) in [4.78, 5) is 12.2. The second-order valence-corrected chi connectivity index (χ2v) is 8.37. The van der Waals surface area contributed by atoms with E-state index in [9.17, 15) is 4.79 Å². The van der Waals surface area contributed by atoms with Crippen LogP contribution < -0.4 is 9.47 Å². The number of benzene rings is 1. The molecule has 2 fully saturated rings. The molecule has 0 amide bonds. The maximum absolute atomic E-state index is 12.2. The van der Waals surface area contributed by atoms with Crippen molar-refractivity contribution >= 4 is 12.0 Å². The number of hydrogen-bond acceptors (Lipinski definition) is 4. The lowest BCUT2D eigenvalue weighted by Crippen LogP contribution is -2.38. The molecule has 4 nitrogen and oxygen atoms in total. The summed E-state index contributed by atoms with van der Waals surface area (Å²) in [5.41, 5.74) is 1.35. The molecule has 26 heavy (non-hydrogen) atoms. The van der Waals surface area contributed by atoms with Crippen molar-refractivity contribution in [3.63, 3.8) is 0 Å². The van der Waals surface area contributed by atoms with Crippen LogP contribution in [-0.2, 0) is 9.53 Å². The Kier molecular flexibility index (Phi) is 4.09. The van der Waals surface area contributed by atoms with Crippen LogP contribution >= 0.6 is 0 Å². The van der Waals surface area contributed by atoms with E-state index in [1.54, 1.807) is 6.08 Å². The number of esters is 1. The van der Waals surface area contributed by atoms with Crippen molar-refractivity contribution in [2.45, 2.75) is 46.1 Å². The summed E-state index contributed by atoms with van der Waals surface area (Å²) in [6.45, 7) is 7.19. The van der Waals surface area contributed by atoms with Crippen LogP contribution in [0.2, 0.25) is 0 Å². The number of ether oxygens (including phenoxy) is 3. The van der Waals surface area contributed by atoms with Gasteiger partial charge in [0.25, 0.3) is 0 Å². The summed E-state index contributed by atoms with van der Waals surface area (Å²) < 4.78 is 16.5. The Morgan fingerprint density at radius 1 is 1.19 bits per heavy atom. The predicted molar refractivity (Wildman–Crippen MR) is 99.8 cm³/mol. The van der Waals surface area contributed by atoms with E-state index in [0.29, 0.717) is 5.92 Å². The second kappa shape index (κ2) is 6.19. The Morgan fingerprint density at radius 2 is 2.00 bits per heavy atom. The first-order chi connectivity index (χ1) is 12.4. The average molecular weight is 354 g/mol. The fraction of sp³-hybridized carbons (Fsp3) is 0.500. The van der Waals surface area contributed by atoms with Crippen molar-refractivity contribution in [3.8, 4) is 11.5 Å². The van der Waals surface area contributed by atoms with Crippen molar-refractivity contribution in [1.82, 2.24) is 0 Å². The van der Waals surface area contributed by atoms with Crippen molar-refractivity contribution < 1.29 is 19.0 Å². The van der Waals surface area contributed by atoms with Gasteiger partial charge < -0.3 is 14.2 Å². The Balaban J connectivity index is 1.34. The summed E-state index contributed by atoms with van der Waals surface area (Å²) >= 11 is 0. The average Bonchev–Trinajstić information content (AvgIpc) is 3.21. The number of carbonyl (C=O) groups is 1. The molecule has 138 valence electrons. The van der Waals surface area contributed by atoms with E-state index in [1.807, 2.05) is 30.4 Å². The summed E-state index contributed by atoms with van der Waals surface area (Å²) in [6, 6.07) is 5.76. The molecule has 0 aromatic heterocycles. The molecular weight excluding hydrogens is 328 g/mol. The molecule has 1 aromatic rings. The highest BCUT2D eigenvalue weighted by Crippen LogP contribution is 2.66. The largest absolute Gasteiger partial charge is 0.459 e. The number of fused-ring (bicyclic) bond motifs is 3. The van der Waals surface area contributed by atoms with Gasteiger partial charge in [-0.05, 0) is 48.3 Å². The van der Waals surface area contributed by atoms with Gasteiger partial charge in [-0.15, -0.1) is 0 Å². The van der Waals surface area contributed by atoms with Gasteiger partial charge in [0.2, 0.25) is 6.79 Å². The summed E-state index contributed by atoms with van der Waals surface area (Å²) in [6.07, 6.45) is 10.4. The van der Waals surface area contributed by atoms with Crippen LogP contribution in [0.5, 0.6) is 11.5 Å². The van der Waals surface area contributed by atoms with E-state index in [0.717, 1.165) is 29.9 Å². The Hall–Kier alpha value is -2.23. The van der Waals surface area contributed by atoms with Crippen molar-refractivity contribution in [3.05, 3.63) is 42.0 Å². The maximum Gasteiger partial charge on any atom is 0.331 e. The van der Waals surface area contributed by atoms with Crippen LogP contribution in [0.15, 0.2) is 36.4 Å². The van der Waals surface area contributed by atoms with Crippen LogP contribution in [0, 0.1) is 16.7 Å². The molecule has 2 saturated carbocycles. The van der Waals surface area contributed by atoms with Gasteiger partial charge in [0.05, 0.1) is 0 Å². The molecule has 0 spiro atoms. The Morgan fingerprint density at radius 3 is 2.73 bits per heavy atom. The van der Waals surface area contributed by atoms with Gasteiger partial charge in [-0.2, -0.15) is 0 Å². The van der Waals surface area contributed by atoms with E-state index in [-0.39, 0.29) is 29.7 Å². The van der Waals surface area contributed by atoms with Gasteiger partial charge in [-0.3, -0.25) is 0 Å². The molecule has 0 saturated heterocycles. The molecule has 4 heteroatoms. The zero-order valence-electron chi connectivity index (χ0n) is 15.7. The van der Waals surface area contributed by atoms with Crippen LogP contribution in [-0.4, -0.2) is 18.9 Å². The molecule has 0 N–H and O–H groups in total. The molecule has 3 atom stereocenters. The second-order valence-electron chi connectivity index (χ2n) is 8.37. The molecule has 3 aliphatic rings. The third-order valence-corrected chi connectivity index (χ3v) is 7.00. The highest BCUT2D eigenvalue weighted by Gasteiger charge is 2.62. The summed E-state index contributed by atoms with van der Waals surface area (Å²) in [7, 11) is 0. The lowest BCUT2D eigenvalue weighted by atomic mass is 9.70. The van der Waals surface area contributed by atoms with Gasteiger partial charge in [-0.1, -0.05) is 45.1 Å². The Bertz CT molecular complexity index is 776. The van der Waals surface area contributed by atoms with Crippen LogP contribution in [0.3, 0.4) is 0 Å². The first-order valence-corrected chi connectivity index (χ1v) is 9.35. The van der Waals surface area contributed by atoms with Crippen molar-refractivity contribution in [2.75, 3.05) is 6.79 Å². The fourth-order valence-electron chi connectivity index (χ4n) is 4.81. The molecular formula is C22H26O4. The predicted octanol–water partition coefficient (Wildman–Crippen LogP) is 4.74. The summed E-state index contributed by atoms with van der Waals surface area (Å²) in [5.74, 6) is 1.93. The van der Waals surface area contributed by atoms with Crippen LogP contribution in [0.25, 0.3) is 6.08 Å². The van der Waals surface area contributed by atoms with E-state index < -0.39 is 0 Å². The van der Waals surface area contributed by atoms with Crippen LogP contribution in [0.4, 0.5) is 0 Å². The smallest absolute Gasteiger partial charge is 0.331 e. The third-order valence-electron chi connectivity index (χ3n) is 7.00. The van der Waals surface area contributed by atoms with Crippen LogP contribution in [0.1, 0.15) is 45.6 Å². The fourth-order valence-corrected chi connectivity index (χ4v) is 4.81. The minimum Gasteiger partial charge on any atom is -0.459 e. The lowest BCUT2D eigenvalue weighted by molar-refractivity contribution is -0.150. The standard InChI is InChI=1S/C22H26O4/c1-21(2)16-10-11-22(21,3)19(13-16)26-20(23)7-5-4-6-15-8-9-17-18(12-15)25-14-24-17/h4-9,12,16,19H,10-11,13-14H2,1-3H3/t16-,19+,22+/m0/s1. The quantitative estimate of drug-likeness (QED) is 0.445. The van der Waals surface area contributed by atoms with Gasteiger partial charge in [-0.25, -0.2) is 4.79 Å². The lowest BCUT2D eigenvalue weighted by Gasteiger charge is -2.38. The minimum absolute atomic E-state index is 0.0336. The highest BCUT2D eigenvalue weighted by atomic mass is 16.7. The molecule has 1 heterocycles. The normalized spacial score (nSPS) is 31.2. The van der Waals surface area contributed by atoms with E-state index in [1.165, 1.54) is 12.5 Å². The van der Waals surface area contributed by atoms with Gasteiger partial charge >= 0.3 is 5.97 Å². The minimum atomic E-state index is -0.255. The SMILES string of the molecule is CC1(C)[C@H]2CC[C@]1(C)[C@H](OC(=O)C=CC=Cc1ccc3c(c1)OCO3)C2. The zero-order valence-corrected chi connectivity index (χ0v) is 15.7. The molecule has 2 aliphatic carbocycles. The van der Waals surface area contributed by atoms with Gasteiger partial charge in [0.1, 0.15) is 6.10 Å². The molecule has 1 aromatic carbocycles. The monoisotopic (exact) mass is 354 g/mol. The number of carbonyl (C=O) groups excluding carboxylic acids is 1. The first kappa shape index (κ1) is 17.2. The molecule has 1 aliphatic heterocycles. The van der Waals surface area contributed by atoms with E-state index in [4.69, 9.17) is 14.2 Å². The number of allylic oxidation sites excluding steroid dienone is 2. The Labute approximate surface area is 154 Å². The topological polar surface area (TPSA) is 44.8 Å². The highest BCUT2D eigenvalue weighted by molar-refractivity contribution is 5.82. The van der Waals surface area contributed by atoms with E-state index >= 15 is 0 Å². The zero-order chi connectivity index (χ0) is 18.4. The van der Waals surface area contributed by atoms with Gasteiger partial charge in [0, 0.05) is 11.5 Å².